The van der Waals surface area contributed by atoms with Crippen LogP contribution in [0.3, 0.4) is 0 Å². The molecule has 3 aromatic rings. The Kier molecular flexibility index (Phi) is 10.8. The van der Waals surface area contributed by atoms with Crippen LogP contribution in [0.4, 0.5) is 0 Å². The van der Waals surface area contributed by atoms with Crippen LogP contribution in [0, 0.1) is 0 Å². The normalized spacial score (nSPS) is 15.7. The van der Waals surface area contributed by atoms with Gasteiger partial charge in [0.15, 0.2) is 0 Å². The van der Waals surface area contributed by atoms with Gasteiger partial charge in [-0.2, -0.15) is 0 Å². The summed E-state index contributed by atoms with van der Waals surface area (Å²) in [6, 6.07) is 28.0. The Hall–Kier alpha value is -1.81. The first-order valence-electron chi connectivity index (χ1n) is 10.7. The van der Waals surface area contributed by atoms with Gasteiger partial charge in [0.05, 0.1) is 0 Å². The number of piperazine rings is 1. The van der Waals surface area contributed by atoms with E-state index in [0.717, 1.165) is 37.7 Å². The minimum absolute atomic E-state index is 0. The summed E-state index contributed by atoms with van der Waals surface area (Å²) in [4.78, 5) is 5.13. The van der Waals surface area contributed by atoms with E-state index >= 15 is 0 Å². The van der Waals surface area contributed by atoms with Gasteiger partial charge in [0.2, 0.25) is 0 Å². The van der Waals surface area contributed by atoms with E-state index in [1.807, 2.05) is 12.1 Å². The molecule has 1 saturated heterocycles. The first kappa shape index (κ1) is 26.4. The van der Waals surface area contributed by atoms with Crippen LogP contribution in [0.5, 0.6) is 0 Å². The van der Waals surface area contributed by atoms with Crippen LogP contribution in [0.25, 0.3) is 17.2 Å². The summed E-state index contributed by atoms with van der Waals surface area (Å²) in [5, 5.41) is 0.777. The van der Waals surface area contributed by atoms with Crippen molar-refractivity contribution in [2.45, 2.75) is 13.0 Å². The molecule has 0 amide bonds. The maximum Gasteiger partial charge on any atom is 0.0406 e. The summed E-state index contributed by atoms with van der Waals surface area (Å²) < 4.78 is 0. The fourth-order valence-electron chi connectivity index (χ4n) is 4.04. The van der Waals surface area contributed by atoms with Crippen LogP contribution >= 0.6 is 36.4 Å². The zero-order chi connectivity index (χ0) is 20.8. The third kappa shape index (κ3) is 7.10. The van der Waals surface area contributed by atoms with Crippen molar-refractivity contribution in [3.05, 3.63) is 101 Å². The van der Waals surface area contributed by atoms with Crippen molar-refractivity contribution in [2.75, 3.05) is 32.7 Å². The second-order valence-corrected chi connectivity index (χ2v) is 8.39. The van der Waals surface area contributed by atoms with Gasteiger partial charge in [0.1, 0.15) is 0 Å². The van der Waals surface area contributed by atoms with Gasteiger partial charge < -0.3 is 0 Å². The van der Waals surface area contributed by atoms with Gasteiger partial charge in [-0.25, -0.2) is 0 Å². The third-order valence-corrected chi connectivity index (χ3v) is 6.25. The molecule has 0 radical (unpaired) electrons. The van der Waals surface area contributed by atoms with E-state index < -0.39 is 0 Å². The zero-order valence-corrected chi connectivity index (χ0v) is 20.8. The average molecular weight is 490 g/mol. The number of halogens is 3. The summed E-state index contributed by atoms with van der Waals surface area (Å²) in [5.74, 6) is 0. The van der Waals surface area contributed by atoms with E-state index in [-0.39, 0.29) is 24.8 Å². The molecule has 0 saturated carbocycles. The summed E-state index contributed by atoms with van der Waals surface area (Å²) in [6.45, 7) is 7.80. The van der Waals surface area contributed by atoms with Gasteiger partial charge in [-0.3, -0.25) is 9.80 Å². The van der Waals surface area contributed by atoms with E-state index in [4.69, 9.17) is 11.6 Å². The van der Waals surface area contributed by atoms with Crippen LogP contribution in [0.1, 0.15) is 24.1 Å². The Bertz CT molecular complexity index is 948. The Labute approximate surface area is 209 Å². The summed E-state index contributed by atoms with van der Waals surface area (Å²) >= 11 is 6.01. The number of hydrogen-bond donors (Lipinski definition) is 0. The molecule has 170 valence electrons. The molecule has 1 aliphatic heterocycles. The molecule has 1 fully saturated rings. The number of hydrogen-bond acceptors (Lipinski definition) is 2. The van der Waals surface area contributed by atoms with Gasteiger partial charge in [0.25, 0.3) is 0 Å². The predicted octanol–water partition coefficient (Wildman–Crippen LogP) is 7.24. The smallest absolute Gasteiger partial charge is 0.0406 e. The molecule has 5 heteroatoms. The molecule has 0 N–H and O–H groups in total. The van der Waals surface area contributed by atoms with Crippen LogP contribution in [0.15, 0.2) is 84.9 Å². The quantitative estimate of drug-likeness (QED) is 0.360. The standard InChI is InChI=1S/C27H29ClN2.2ClH/c1-22(24-9-11-25(12-10-24)26-13-15-27(28)16-14-26)30-20-18-29(19-21-30)17-5-8-23-6-3-2-4-7-23;;/h2-16,22H,17-21H2,1H3;2*1H/b8-5+;;. The van der Waals surface area contributed by atoms with Crippen molar-refractivity contribution in [3.63, 3.8) is 0 Å². The summed E-state index contributed by atoms with van der Waals surface area (Å²) in [5.41, 5.74) is 5.09. The first-order valence-corrected chi connectivity index (χ1v) is 11.1. The molecule has 0 spiro atoms. The van der Waals surface area contributed by atoms with Gasteiger partial charge in [-0.05, 0) is 41.3 Å². The molecule has 1 heterocycles. The van der Waals surface area contributed by atoms with Gasteiger partial charge >= 0.3 is 0 Å². The van der Waals surface area contributed by atoms with E-state index in [0.29, 0.717) is 6.04 Å². The lowest BCUT2D eigenvalue weighted by Gasteiger charge is -2.38. The largest absolute Gasteiger partial charge is 0.297 e. The maximum absolute atomic E-state index is 6.01. The molecule has 1 atom stereocenters. The molecule has 0 aromatic heterocycles. The predicted molar refractivity (Wildman–Crippen MR) is 143 cm³/mol. The Morgan fingerprint density at radius 1 is 0.781 bits per heavy atom. The third-order valence-electron chi connectivity index (χ3n) is 6.00. The number of nitrogens with zero attached hydrogens (tertiary/aromatic N) is 2. The zero-order valence-electron chi connectivity index (χ0n) is 18.4. The fourth-order valence-corrected chi connectivity index (χ4v) is 4.17. The lowest BCUT2D eigenvalue weighted by atomic mass is 10.0. The summed E-state index contributed by atoms with van der Waals surface area (Å²) in [6.07, 6.45) is 4.50. The Balaban J connectivity index is 0.00000181. The molecule has 4 rings (SSSR count). The SMILES string of the molecule is CC(c1ccc(-c2ccc(Cl)cc2)cc1)N1CCN(C/C=C/c2ccccc2)CC1.Cl.Cl. The average Bonchev–Trinajstić information content (AvgIpc) is 2.80. The lowest BCUT2D eigenvalue weighted by molar-refractivity contribution is 0.110. The molecular weight excluding hydrogens is 459 g/mol. The van der Waals surface area contributed by atoms with Crippen molar-refractivity contribution >= 4 is 42.5 Å². The number of rotatable bonds is 6. The Morgan fingerprint density at radius 3 is 1.94 bits per heavy atom. The van der Waals surface area contributed by atoms with E-state index in [9.17, 15) is 0 Å². The maximum atomic E-state index is 6.01. The second-order valence-electron chi connectivity index (χ2n) is 7.95. The van der Waals surface area contributed by atoms with Crippen molar-refractivity contribution < 1.29 is 0 Å². The lowest BCUT2D eigenvalue weighted by Crippen LogP contribution is -2.47. The van der Waals surface area contributed by atoms with E-state index in [1.54, 1.807) is 0 Å². The highest BCUT2D eigenvalue weighted by atomic mass is 35.5. The van der Waals surface area contributed by atoms with Crippen LogP contribution in [0.2, 0.25) is 5.02 Å². The molecule has 0 bridgehead atoms. The van der Waals surface area contributed by atoms with Crippen molar-refractivity contribution in [2.24, 2.45) is 0 Å². The second kappa shape index (κ2) is 13.0. The minimum Gasteiger partial charge on any atom is -0.297 e. The highest BCUT2D eigenvalue weighted by Crippen LogP contribution is 2.26. The molecule has 3 aromatic carbocycles. The van der Waals surface area contributed by atoms with Gasteiger partial charge in [0, 0.05) is 43.8 Å². The van der Waals surface area contributed by atoms with Gasteiger partial charge in [-0.1, -0.05) is 90.5 Å². The highest BCUT2D eigenvalue weighted by molar-refractivity contribution is 6.30. The van der Waals surface area contributed by atoms with Crippen LogP contribution in [-0.2, 0) is 0 Å². The molecule has 1 aliphatic rings. The van der Waals surface area contributed by atoms with E-state index in [1.165, 1.54) is 22.3 Å². The number of benzene rings is 3. The molecular formula is C27H31Cl3N2. The fraction of sp³-hybridized carbons (Fsp3) is 0.259. The Morgan fingerprint density at radius 2 is 1.34 bits per heavy atom. The van der Waals surface area contributed by atoms with Crippen LogP contribution in [-0.4, -0.2) is 42.5 Å². The molecule has 32 heavy (non-hydrogen) atoms. The monoisotopic (exact) mass is 488 g/mol. The minimum atomic E-state index is 0. The molecule has 0 aliphatic carbocycles. The molecule has 2 nitrogen and oxygen atoms in total. The van der Waals surface area contributed by atoms with Crippen molar-refractivity contribution in [3.8, 4) is 11.1 Å². The summed E-state index contributed by atoms with van der Waals surface area (Å²) in [7, 11) is 0. The topological polar surface area (TPSA) is 6.48 Å². The first-order chi connectivity index (χ1) is 14.7. The highest BCUT2D eigenvalue weighted by Gasteiger charge is 2.21. The van der Waals surface area contributed by atoms with E-state index in [2.05, 4.69) is 95.6 Å². The van der Waals surface area contributed by atoms with Crippen molar-refractivity contribution in [1.82, 2.24) is 9.80 Å². The molecule has 1 unspecified atom stereocenters. The van der Waals surface area contributed by atoms with Crippen LogP contribution < -0.4 is 0 Å². The van der Waals surface area contributed by atoms with Gasteiger partial charge in [-0.15, -0.1) is 24.8 Å². The van der Waals surface area contributed by atoms with Crippen molar-refractivity contribution in [1.29, 1.82) is 0 Å².